The Morgan fingerprint density at radius 1 is 1.14 bits per heavy atom. The van der Waals surface area contributed by atoms with Crippen LogP contribution in [0.1, 0.15) is 37.7 Å². The van der Waals surface area contributed by atoms with Gasteiger partial charge in [-0.3, -0.25) is 9.59 Å². The number of anilines is 1. The molecule has 0 radical (unpaired) electrons. The predicted molar refractivity (Wildman–Crippen MR) is 80.6 cm³/mol. The van der Waals surface area contributed by atoms with Gasteiger partial charge in [-0.1, -0.05) is 25.0 Å². The number of nitrogens with one attached hydrogen (secondary N) is 2. The fraction of sp³-hybridized carbons (Fsp3) is 0.500. The van der Waals surface area contributed by atoms with Crippen molar-refractivity contribution in [3.8, 4) is 0 Å². The van der Waals surface area contributed by atoms with E-state index in [1.165, 1.54) is 0 Å². The van der Waals surface area contributed by atoms with Crippen molar-refractivity contribution in [1.29, 1.82) is 0 Å². The fourth-order valence-corrected chi connectivity index (χ4v) is 2.55. The molecule has 1 aromatic carbocycles. The predicted octanol–water partition coefficient (Wildman–Crippen LogP) is 1.81. The maximum Gasteiger partial charge on any atom is 0.226 e. The van der Waals surface area contributed by atoms with Crippen LogP contribution in [-0.2, 0) is 16.2 Å². The summed E-state index contributed by atoms with van der Waals surface area (Å²) in [5, 5.41) is 14.5. The molecule has 21 heavy (non-hydrogen) atoms. The number of amides is 2. The number of carbonyl (C=O) groups excluding carboxylic acids is 2. The molecule has 1 aliphatic carbocycles. The molecular formula is C16H22N2O3. The van der Waals surface area contributed by atoms with Crippen molar-refractivity contribution in [2.75, 3.05) is 11.9 Å². The first kappa shape index (κ1) is 15.5. The lowest BCUT2D eigenvalue weighted by Crippen LogP contribution is -2.32. The van der Waals surface area contributed by atoms with Crippen LogP contribution in [0.3, 0.4) is 0 Å². The van der Waals surface area contributed by atoms with Gasteiger partial charge in [0.15, 0.2) is 0 Å². The van der Waals surface area contributed by atoms with Gasteiger partial charge in [-0.25, -0.2) is 0 Å². The van der Waals surface area contributed by atoms with Crippen molar-refractivity contribution >= 4 is 17.5 Å². The summed E-state index contributed by atoms with van der Waals surface area (Å²) in [6.07, 6.45) is 4.45. The largest absolute Gasteiger partial charge is 0.392 e. The second-order valence-electron chi connectivity index (χ2n) is 5.43. The summed E-state index contributed by atoms with van der Waals surface area (Å²) in [5.74, 6) is 0.0881. The Kier molecular flexibility index (Phi) is 5.75. The van der Waals surface area contributed by atoms with Gasteiger partial charge in [-0.2, -0.15) is 0 Å². The van der Waals surface area contributed by atoms with Crippen LogP contribution < -0.4 is 10.6 Å². The first-order valence-corrected chi connectivity index (χ1v) is 7.46. The Labute approximate surface area is 124 Å². The summed E-state index contributed by atoms with van der Waals surface area (Å²) in [4.78, 5) is 23.5. The van der Waals surface area contributed by atoms with Crippen LogP contribution in [0.15, 0.2) is 24.3 Å². The first-order valence-electron chi connectivity index (χ1n) is 7.46. The number of rotatable bonds is 6. The molecule has 5 heteroatoms. The van der Waals surface area contributed by atoms with Crippen molar-refractivity contribution in [1.82, 2.24) is 5.32 Å². The quantitative estimate of drug-likeness (QED) is 0.747. The monoisotopic (exact) mass is 290 g/mol. The van der Waals surface area contributed by atoms with Gasteiger partial charge in [-0.15, -0.1) is 0 Å². The number of hydrogen-bond donors (Lipinski definition) is 3. The Balaban J connectivity index is 1.68. The van der Waals surface area contributed by atoms with Gasteiger partial charge < -0.3 is 15.7 Å². The smallest absolute Gasteiger partial charge is 0.226 e. The minimum atomic E-state index is -0.126. The molecule has 0 heterocycles. The zero-order valence-electron chi connectivity index (χ0n) is 12.1. The standard InChI is InChI=1S/C16H22N2O3/c19-11-12-5-7-14(8-6-12)18-15(20)9-10-17-16(21)13-3-1-2-4-13/h5-8,13,19H,1-4,9-11H2,(H,17,21)(H,18,20). The van der Waals surface area contributed by atoms with Crippen LogP contribution in [0, 0.1) is 5.92 Å². The van der Waals surface area contributed by atoms with Crippen molar-refractivity contribution < 1.29 is 14.7 Å². The highest BCUT2D eigenvalue weighted by molar-refractivity contribution is 5.91. The van der Waals surface area contributed by atoms with E-state index in [0.29, 0.717) is 12.2 Å². The van der Waals surface area contributed by atoms with E-state index < -0.39 is 0 Å². The molecule has 0 atom stereocenters. The number of carbonyl (C=O) groups is 2. The van der Waals surface area contributed by atoms with E-state index in [4.69, 9.17) is 5.11 Å². The maximum absolute atomic E-state index is 11.8. The molecule has 114 valence electrons. The van der Waals surface area contributed by atoms with Gasteiger partial charge in [0.25, 0.3) is 0 Å². The molecule has 3 N–H and O–H groups in total. The lowest BCUT2D eigenvalue weighted by molar-refractivity contribution is -0.124. The molecule has 5 nitrogen and oxygen atoms in total. The highest BCUT2D eigenvalue weighted by Crippen LogP contribution is 2.24. The Bertz CT molecular complexity index is 479. The molecule has 0 aliphatic heterocycles. The van der Waals surface area contributed by atoms with Crippen molar-refractivity contribution in [3.05, 3.63) is 29.8 Å². The summed E-state index contributed by atoms with van der Waals surface area (Å²) in [5.41, 5.74) is 1.50. The van der Waals surface area contributed by atoms with Crippen LogP contribution in [-0.4, -0.2) is 23.5 Å². The summed E-state index contributed by atoms with van der Waals surface area (Å²) in [6, 6.07) is 7.02. The second-order valence-corrected chi connectivity index (χ2v) is 5.43. The van der Waals surface area contributed by atoms with E-state index in [1.807, 2.05) is 0 Å². The van der Waals surface area contributed by atoms with Gasteiger partial charge >= 0.3 is 0 Å². The highest BCUT2D eigenvalue weighted by Gasteiger charge is 2.22. The van der Waals surface area contributed by atoms with Crippen LogP contribution in [0.25, 0.3) is 0 Å². The maximum atomic E-state index is 11.8. The Hall–Kier alpha value is -1.88. The van der Waals surface area contributed by atoms with Crippen LogP contribution in [0.5, 0.6) is 0 Å². The molecule has 2 rings (SSSR count). The van der Waals surface area contributed by atoms with Gasteiger partial charge in [0, 0.05) is 24.6 Å². The average molecular weight is 290 g/mol. The molecule has 1 aromatic rings. The highest BCUT2D eigenvalue weighted by atomic mass is 16.3. The molecule has 0 aromatic heterocycles. The van der Waals surface area contributed by atoms with E-state index in [-0.39, 0.29) is 30.8 Å². The molecule has 1 saturated carbocycles. The zero-order chi connectivity index (χ0) is 15.1. The van der Waals surface area contributed by atoms with Crippen molar-refractivity contribution in [2.45, 2.75) is 38.7 Å². The lowest BCUT2D eigenvalue weighted by Gasteiger charge is -2.10. The molecular weight excluding hydrogens is 268 g/mol. The topological polar surface area (TPSA) is 78.4 Å². The van der Waals surface area contributed by atoms with Gasteiger partial charge in [-0.05, 0) is 30.5 Å². The molecule has 2 amide bonds. The fourth-order valence-electron chi connectivity index (χ4n) is 2.55. The Morgan fingerprint density at radius 2 is 1.81 bits per heavy atom. The molecule has 1 fully saturated rings. The van der Waals surface area contributed by atoms with Crippen LogP contribution >= 0.6 is 0 Å². The van der Waals surface area contributed by atoms with Crippen LogP contribution in [0.2, 0.25) is 0 Å². The molecule has 0 unspecified atom stereocenters. The normalized spacial score (nSPS) is 14.9. The summed E-state index contributed by atoms with van der Waals surface area (Å²) < 4.78 is 0. The number of benzene rings is 1. The van der Waals surface area contributed by atoms with Crippen LogP contribution in [0.4, 0.5) is 5.69 Å². The minimum Gasteiger partial charge on any atom is -0.392 e. The van der Waals surface area contributed by atoms with Gasteiger partial charge in [0.2, 0.25) is 11.8 Å². The number of aliphatic hydroxyl groups is 1. The van der Waals surface area contributed by atoms with Crippen molar-refractivity contribution in [3.63, 3.8) is 0 Å². The lowest BCUT2D eigenvalue weighted by atomic mass is 10.1. The summed E-state index contributed by atoms with van der Waals surface area (Å²) in [7, 11) is 0. The molecule has 0 saturated heterocycles. The number of aliphatic hydroxyl groups excluding tert-OH is 1. The van der Waals surface area contributed by atoms with Gasteiger partial charge in [0.05, 0.1) is 6.61 Å². The SMILES string of the molecule is O=C(CCNC(=O)C1CCCC1)Nc1ccc(CO)cc1. The van der Waals surface area contributed by atoms with Gasteiger partial charge in [0.1, 0.15) is 0 Å². The van der Waals surface area contributed by atoms with E-state index in [9.17, 15) is 9.59 Å². The summed E-state index contributed by atoms with van der Waals surface area (Å²) >= 11 is 0. The van der Waals surface area contributed by atoms with E-state index >= 15 is 0 Å². The third-order valence-corrected chi connectivity index (χ3v) is 3.80. The van der Waals surface area contributed by atoms with E-state index in [0.717, 1.165) is 31.2 Å². The Morgan fingerprint density at radius 3 is 2.43 bits per heavy atom. The molecule has 0 bridgehead atoms. The summed E-state index contributed by atoms with van der Waals surface area (Å²) in [6.45, 7) is 0.358. The van der Waals surface area contributed by atoms with E-state index in [2.05, 4.69) is 10.6 Å². The molecule has 1 aliphatic rings. The second kappa shape index (κ2) is 7.78. The van der Waals surface area contributed by atoms with Crippen molar-refractivity contribution in [2.24, 2.45) is 5.92 Å². The zero-order valence-corrected chi connectivity index (χ0v) is 12.1. The number of hydrogen-bond acceptors (Lipinski definition) is 3. The average Bonchev–Trinajstić information content (AvgIpc) is 3.02. The first-order chi connectivity index (χ1) is 10.2. The third kappa shape index (κ3) is 4.86. The third-order valence-electron chi connectivity index (χ3n) is 3.80. The minimum absolute atomic E-state index is 0.0125. The van der Waals surface area contributed by atoms with E-state index in [1.54, 1.807) is 24.3 Å². The molecule has 0 spiro atoms.